The highest BCUT2D eigenvalue weighted by Crippen LogP contribution is 2.28. The lowest BCUT2D eigenvalue weighted by molar-refractivity contribution is -0.118. The van der Waals surface area contributed by atoms with E-state index in [4.69, 9.17) is 9.47 Å². The summed E-state index contributed by atoms with van der Waals surface area (Å²) in [5, 5.41) is 13.5. The van der Waals surface area contributed by atoms with Crippen LogP contribution in [0, 0.1) is 0 Å². The average molecular weight is 564 g/mol. The van der Waals surface area contributed by atoms with Gasteiger partial charge in [0.25, 0.3) is 5.91 Å². The molecular formula is C32H29N5O3S. The van der Waals surface area contributed by atoms with Gasteiger partial charge < -0.3 is 9.47 Å². The van der Waals surface area contributed by atoms with Gasteiger partial charge in [0.05, 0.1) is 18.6 Å². The summed E-state index contributed by atoms with van der Waals surface area (Å²) in [6, 6.07) is 35.1. The first-order valence-electron chi connectivity index (χ1n) is 13.1. The second-order valence-corrected chi connectivity index (χ2v) is 9.80. The number of rotatable bonds is 12. The molecule has 0 atom stereocenters. The second-order valence-electron chi connectivity index (χ2n) is 8.86. The Labute approximate surface area is 243 Å². The molecule has 0 aliphatic heterocycles. The largest absolute Gasteiger partial charge is 0.494 e. The highest BCUT2D eigenvalue weighted by molar-refractivity contribution is 7.99. The SMILES string of the molecule is CCOc1ccc(-n2c(SCC(=O)N/N=C/c3ccc(OCc4ccccc4)cc3)nnc2-c2ccccc2)cc1. The topological polar surface area (TPSA) is 90.6 Å². The second kappa shape index (κ2) is 14.0. The third-order valence-corrected chi connectivity index (χ3v) is 6.86. The van der Waals surface area contributed by atoms with Gasteiger partial charge in [0, 0.05) is 11.3 Å². The number of carbonyl (C=O) groups is 1. The number of aromatic nitrogens is 3. The predicted octanol–water partition coefficient (Wildman–Crippen LogP) is 6.15. The van der Waals surface area contributed by atoms with Gasteiger partial charge in [0.2, 0.25) is 0 Å². The molecule has 5 rings (SSSR count). The van der Waals surface area contributed by atoms with Crippen molar-refractivity contribution >= 4 is 23.9 Å². The van der Waals surface area contributed by atoms with E-state index in [2.05, 4.69) is 20.7 Å². The maximum atomic E-state index is 12.6. The van der Waals surface area contributed by atoms with Crippen LogP contribution in [0.5, 0.6) is 11.5 Å². The first kappa shape index (κ1) is 27.7. The third kappa shape index (κ3) is 7.61. The van der Waals surface area contributed by atoms with Gasteiger partial charge in [0.15, 0.2) is 11.0 Å². The molecule has 9 heteroatoms. The summed E-state index contributed by atoms with van der Waals surface area (Å²) in [5.74, 6) is 2.10. The van der Waals surface area contributed by atoms with Crippen LogP contribution in [0.25, 0.3) is 17.1 Å². The van der Waals surface area contributed by atoms with Crippen LogP contribution in [0.15, 0.2) is 119 Å². The molecule has 0 aliphatic carbocycles. The fourth-order valence-electron chi connectivity index (χ4n) is 3.96. The Bertz CT molecular complexity index is 1570. The minimum atomic E-state index is -0.253. The molecule has 41 heavy (non-hydrogen) atoms. The normalized spacial score (nSPS) is 11.0. The van der Waals surface area contributed by atoms with E-state index in [0.29, 0.717) is 24.2 Å². The molecule has 5 aromatic rings. The van der Waals surface area contributed by atoms with Gasteiger partial charge in [-0.15, -0.1) is 10.2 Å². The van der Waals surface area contributed by atoms with Crippen LogP contribution < -0.4 is 14.9 Å². The molecule has 206 valence electrons. The number of benzene rings is 4. The third-order valence-electron chi connectivity index (χ3n) is 5.93. The highest BCUT2D eigenvalue weighted by atomic mass is 32.2. The van der Waals surface area contributed by atoms with E-state index in [0.717, 1.165) is 33.9 Å². The number of amides is 1. The summed E-state index contributed by atoms with van der Waals surface area (Å²) in [6.45, 7) is 3.04. The number of hydrogen-bond acceptors (Lipinski definition) is 7. The summed E-state index contributed by atoms with van der Waals surface area (Å²) < 4.78 is 13.3. The Morgan fingerprint density at radius 3 is 2.22 bits per heavy atom. The van der Waals surface area contributed by atoms with Gasteiger partial charge in [-0.05, 0) is 66.6 Å². The van der Waals surface area contributed by atoms with E-state index in [-0.39, 0.29) is 11.7 Å². The lowest BCUT2D eigenvalue weighted by Crippen LogP contribution is -2.20. The maximum absolute atomic E-state index is 12.6. The van der Waals surface area contributed by atoms with Gasteiger partial charge in [-0.1, -0.05) is 72.4 Å². The minimum Gasteiger partial charge on any atom is -0.494 e. The van der Waals surface area contributed by atoms with Gasteiger partial charge >= 0.3 is 0 Å². The zero-order valence-corrected chi connectivity index (χ0v) is 23.3. The Kier molecular flexibility index (Phi) is 9.42. The van der Waals surface area contributed by atoms with Crippen LogP contribution in [-0.2, 0) is 11.4 Å². The van der Waals surface area contributed by atoms with Gasteiger partial charge in [-0.3, -0.25) is 9.36 Å². The van der Waals surface area contributed by atoms with Crippen molar-refractivity contribution in [3.05, 3.63) is 120 Å². The molecule has 8 nitrogen and oxygen atoms in total. The fourth-order valence-corrected chi connectivity index (χ4v) is 4.70. The van der Waals surface area contributed by atoms with Crippen molar-refractivity contribution in [2.24, 2.45) is 5.10 Å². The number of carbonyl (C=O) groups excluding carboxylic acids is 1. The van der Waals surface area contributed by atoms with Crippen LogP contribution in [0.4, 0.5) is 0 Å². The van der Waals surface area contributed by atoms with Crippen molar-refractivity contribution in [1.82, 2.24) is 20.2 Å². The Morgan fingerprint density at radius 1 is 0.854 bits per heavy atom. The molecular weight excluding hydrogens is 534 g/mol. The molecule has 0 radical (unpaired) electrons. The molecule has 0 saturated carbocycles. The molecule has 0 spiro atoms. The van der Waals surface area contributed by atoms with Crippen molar-refractivity contribution in [2.75, 3.05) is 12.4 Å². The summed E-state index contributed by atoms with van der Waals surface area (Å²) in [6.07, 6.45) is 1.60. The summed E-state index contributed by atoms with van der Waals surface area (Å²) in [5.41, 5.74) is 6.32. The van der Waals surface area contributed by atoms with E-state index in [9.17, 15) is 4.79 Å². The number of hydrazone groups is 1. The zero-order chi connectivity index (χ0) is 28.3. The minimum absolute atomic E-state index is 0.119. The Morgan fingerprint density at radius 2 is 1.51 bits per heavy atom. The molecule has 1 amide bonds. The standard InChI is InChI=1S/C32H29N5O3S/c1-2-39-28-19-15-27(16-20-28)37-31(26-11-7-4-8-12-26)35-36-32(37)41-23-30(38)34-33-21-24-13-17-29(18-14-24)40-22-25-9-5-3-6-10-25/h3-21H,2,22-23H2,1H3,(H,34,38)/b33-21+. The van der Waals surface area contributed by atoms with Crippen LogP contribution >= 0.6 is 11.8 Å². The van der Waals surface area contributed by atoms with Crippen LogP contribution in [0.2, 0.25) is 0 Å². The Hall–Kier alpha value is -4.89. The van der Waals surface area contributed by atoms with Crippen LogP contribution in [0.3, 0.4) is 0 Å². The number of nitrogens with zero attached hydrogens (tertiary/aromatic N) is 4. The van der Waals surface area contributed by atoms with Crippen LogP contribution in [-0.4, -0.2) is 39.2 Å². The van der Waals surface area contributed by atoms with Crippen molar-refractivity contribution < 1.29 is 14.3 Å². The van der Waals surface area contributed by atoms with E-state index in [1.54, 1.807) is 6.21 Å². The highest BCUT2D eigenvalue weighted by Gasteiger charge is 2.17. The Balaban J connectivity index is 1.19. The smallest absolute Gasteiger partial charge is 0.250 e. The average Bonchev–Trinajstić information content (AvgIpc) is 3.45. The van der Waals surface area contributed by atoms with Gasteiger partial charge in [-0.25, -0.2) is 5.43 Å². The predicted molar refractivity (Wildman–Crippen MR) is 162 cm³/mol. The zero-order valence-electron chi connectivity index (χ0n) is 22.5. The molecule has 1 aromatic heterocycles. The van der Waals surface area contributed by atoms with E-state index in [1.165, 1.54) is 11.8 Å². The molecule has 1 N–H and O–H groups in total. The quantitative estimate of drug-likeness (QED) is 0.111. The summed E-state index contributed by atoms with van der Waals surface area (Å²) in [4.78, 5) is 12.6. The molecule has 4 aromatic carbocycles. The van der Waals surface area contributed by atoms with E-state index < -0.39 is 0 Å². The molecule has 0 bridgehead atoms. The molecule has 1 heterocycles. The molecule has 0 unspecified atom stereocenters. The summed E-state index contributed by atoms with van der Waals surface area (Å²) >= 11 is 1.29. The van der Waals surface area contributed by atoms with E-state index in [1.807, 2.05) is 121 Å². The summed E-state index contributed by atoms with van der Waals surface area (Å²) in [7, 11) is 0. The van der Waals surface area contributed by atoms with E-state index >= 15 is 0 Å². The van der Waals surface area contributed by atoms with Crippen molar-refractivity contribution in [3.8, 4) is 28.6 Å². The maximum Gasteiger partial charge on any atom is 0.250 e. The van der Waals surface area contributed by atoms with Gasteiger partial charge in [-0.2, -0.15) is 5.10 Å². The number of ether oxygens (including phenoxy) is 2. The fraction of sp³-hybridized carbons (Fsp3) is 0.125. The molecule has 0 aliphatic rings. The lowest BCUT2D eigenvalue weighted by Gasteiger charge is -2.11. The van der Waals surface area contributed by atoms with Crippen molar-refractivity contribution in [1.29, 1.82) is 0 Å². The van der Waals surface area contributed by atoms with Gasteiger partial charge in [0.1, 0.15) is 18.1 Å². The number of nitrogens with one attached hydrogen (secondary N) is 1. The first-order valence-corrected chi connectivity index (χ1v) is 14.1. The van der Waals surface area contributed by atoms with Crippen molar-refractivity contribution in [2.45, 2.75) is 18.7 Å². The number of thioether (sulfide) groups is 1. The monoisotopic (exact) mass is 563 g/mol. The first-order chi connectivity index (χ1) is 20.2. The van der Waals surface area contributed by atoms with Crippen molar-refractivity contribution in [3.63, 3.8) is 0 Å². The molecule has 0 fully saturated rings. The number of hydrogen-bond donors (Lipinski definition) is 1. The van der Waals surface area contributed by atoms with Crippen LogP contribution in [0.1, 0.15) is 18.1 Å². The molecule has 0 saturated heterocycles. The lowest BCUT2D eigenvalue weighted by atomic mass is 10.2.